The number of oxazole rings is 2. The number of aromatic nitrogens is 2. The minimum absolute atomic E-state index is 0.362. The van der Waals surface area contributed by atoms with Gasteiger partial charge in [-0.05, 0) is 82.3 Å². The monoisotopic (exact) mass is 480 g/mol. The lowest BCUT2D eigenvalue weighted by atomic mass is 9.95. The molecular weight excluding hydrogens is 444 g/mol. The van der Waals surface area contributed by atoms with Gasteiger partial charge in [-0.25, -0.2) is 9.97 Å². The average molecular weight is 481 g/mol. The zero-order valence-corrected chi connectivity index (χ0v) is 22.6. The fraction of sp³-hybridized carbons (Fsp3) is 0.375. The van der Waals surface area contributed by atoms with Gasteiger partial charge in [0.1, 0.15) is 11.0 Å². The molecule has 0 bridgehead atoms. The second-order valence-corrected chi connectivity index (χ2v) is 11.2. The van der Waals surface area contributed by atoms with E-state index < -0.39 is 0 Å². The van der Waals surface area contributed by atoms with Gasteiger partial charge < -0.3 is 8.83 Å². The van der Waals surface area contributed by atoms with Crippen molar-refractivity contribution in [1.82, 2.24) is 9.97 Å². The lowest BCUT2D eigenvalue weighted by molar-refractivity contribution is 0.609. The molecule has 4 nitrogen and oxygen atoms in total. The van der Waals surface area contributed by atoms with E-state index in [2.05, 4.69) is 79.7 Å². The van der Waals surface area contributed by atoms with Gasteiger partial charge in [0.2, 0.25) is 11.8 Å². The van der Waals surface area contributed by atoms with Gasteiger partial charge in [0.25, 0.3) is 0 Å². The van der Waals surface area contributed by atoms with Crippen LogP contribution in [-0.2, 0) is 0 Å². The SMILES string of the molecule is CC(C)c1cc(C(C)C)c2oc(-c3ccc(-c4nc5cc(C(C)C)cc(C(C)C)c5o4)cc3)nc2c1. The molecular formula is C32H36N2O2. The van der Waals surface area contributed by atoms with E-state index in [1.807, 2.05) is 24.3 Å². The van der Waals surface area contributed by atoms with E-state index in [1.54, 1.807) is 0 Å². The summed E-state index contributed by atoms with van der Waals surface area (Å²) in [6.07, 6.45) is 0. The van der Waals surface area contributed by atoms with Gasteiger partial charge >= 0.3 is 0 Å². The Morgan fingerprint density at radius 3 is 1.17 bits per heavy atom. The Bertz CT molecular complexity index is 1420. The molecule has 2 aromatic heterocycles. The molecule has 0 radical (unpaired) electrons. The third kappa shape index (κ3) is 4.34. The third-order valence-electron chi connectivity index (χ3n) is 7.04. The van der Waals surface area contributed by atoms with E-state index in [0.717, 1.165) is 33.3 Å². The van der Waals surface area contributed by atoms with E-state index in [-0.39, 0.29) is 0 Å². The van der Waals surface area contributed by atoms with E-state index in [1.165, 1.54) is 22.3 Å². The number of rotatable bonds is 6. The van der Waals surface area contributed by atoms with Crippen LogP contribution in [0.1, 0.15) is 101 Å². The molecule has 3 aromatic carbocycles. The molecule has 0 unspecified atom stereocenters. The van der Waals surface area contributed by atoms with Gasteiger partial charge in [-0.3, -0.25) is 0 Å². The first kappa shape index (κ1) is 24.3. The van der Waals surface area contributed by atoms with Crippen LogP contribution < -0.4 is 0 Å². The number of hydrogen-bond acceptors (Lipinski definition) is 4. The zero-order valence-electron chi connectivity index (χ0n) is 22.6. The molecule has 0 amide bonds. The maximum Gasteiger partial charge on any atom is 0.227 e. The summed E-state index contributed by atoms with van der Waals surface area (Å²) in [5, 5.41) is 0. The fourth-order valence-electron chi connectivity index (χ4n) is 4.69. The first-order chi connectivity index (χ1) is 17.1. The number of fused-ring (bicyclic) bond motifs is 2. The summed E-state index contributed by atoms with van der Waals surface area (Å²) in [6, 6.07) is 17.0. The average Bonchev–Trinajstić information content (AvgIpc) is 3.46. The molecule has 0 spiro atoms. The summed E-state index contributed by atoms with van der Waals surface area (Å²) in [4.78, 5) is 9.72. The Morgan fingerprint density at radius 1 is 0.500 bits per heavy atom. The van der Waals surface area contributed by atoms with Gasteiger partial charge in [0.15, 0.2) is 11.2 Å². The lowest BCUT2D eigenvalue weighted by Crippen LogP contribution is -1.94. The van der Waals surface area contributed by atoms with Crippen LogP contribution in [0, 0.1) is 0 Å². The largest absolute Gasteiger partial charge is 0.436 e. The summed E-state index contributed by atoms with van der Waals surface area (Å²) in [7, 11) is 0. The molecule has 0 atom stereocenters. The Hall–Kier alpha value is -3.40. The van der Waals surface area contributed by atoms with Crippen molar-refractivity contribution in [1.29, 1.82) is 0 Å². The Kier molecular flexibility index (Phi) is 6.23. The van der Waals surface area contributed by atoms with E-state index in [9.17, 15) is 0 Å². The highest BCUT2D eigenvalue weighted by atomic mass is 16.4. The predicted molar refractivity (Wildman–Crippen MR) is 149 cm³/mol. The first-order valence-electron chi connectivity index (χ1n) is 13.1. The van der Waals surface area contributed by atoms with Gasteiger partial charge in [0, 0.05) is 11.1 Å². The zero-order chi connectivity index (χ0) is 25.7. The van der Waals surface area contributed by atoms with E-state index in [4.69, 9.17) is 18.8 Å². The van der Waals surface area contributed by atoms with Gasteiger partial charge in [-0.2, -0.15) is 0 Å². The van der Waals surface area contributed by atoms with Crippen LogP contribution in [0.4, 0.5) is 0 Å². The van der Waals surface area contributed by atoms with Gasteiger partial charge in [-0.15, -0.1) is 0 Å². The Balaban J connectivity index is 1.53. The summed E-state index contributed by atoms with van der Waals surface area (Å²) >= 11 is 0. The quantitative estimate of drug-likeness (QED) is 0.243. The highest BCUT2D eigenvalue weighted by Crippen LogP contribution is 2.36. The molecule has 36 heavy (non-hydrogen) atoms. The van der Waals surface area contributed by atoms with Crippen molar-refractivity contribution < 1.29 is 8.83 Å². The summed E-state index contributed by atoms with van der Waals surface area (Å²) in [6.45, 7) is 17.7. The standard InChI is InChI=1S/C32H36N2O2/c1-17(2)23-13-25(19(5)6)29-27(15-23)33-31(35-29)21-9-11-22(12-10-21)32-34-28-16-24(18(3)4)14-26(20(7)8)30(28)36-32/h9-20H,1-8H3. The van der Waals surface area contributed by atoms with Crippen LogP contribution in [0.25, 0.3) is 45.1 Å². The van der Waals surface area contributed by atoms with Crippen molar-refractivity contribution in [2.45, 2.75) is 79.1 Å². The normalized spacial score (nSPS) is 12.3. The van der Waals surface area contributed by atoms with Crippen LogP contribution in [-0.4, -0.2) is 9.97 Å². The lowest BCUT2D eigenvalue weighted by Gasteiger charge is -2.11. The molecule has 0 aliphatic heterocycles. The molecule has 2 heterocycles. The second-order valence-electron chi connectivity index (χ2n) is 11.2. The topological polar surface area (TPSA) is 52.1 Å². The van der Waals surface area contributed by atoms with Crippen LogP contribution in [0.5, 0.6) is 0 Å². The minimum Gasteiger partial charge on any atom is -0.436 e. The molecule has 5 rings (SSSR count). The highest BCUT2D eigenvalue weighted by Gasteiger charge is 2.19. The van der Waals surface area contributed by atoms with Crippen molar-refractivity contribution in [3.63, 3.8) is 0 Å². The first-order valence-corrected chi connectivity index (χ1v) is 13.1. The highest BCUT2D eigenvalue weighted by molar-refractivity contribution is 5.83. The van der Waals surface area contributed by atoms with E-state index >= 15 is 0 Å². The Labute approximate surface area is 213 Å². The smallest absolute Gasteiger partial charge is 0.227 e. The third-order valence-corrected chi connectivity index (χ3v) is 7.04. The van der Waals surface area contributed by atoms with Crippen LogP contribution in [0.2, 0.25) is 0 Å². The molecule has 186 valence electrons. The molecule has 0 fully saturated rings. The summed E-state index contributed by atoms with van der Waals surface area (Å²) < 4.78 is 12.6. The maximum absolute atomic E-state index is 6.30. The van der Waals surface area contributed by atoms with Gasteiger partial charge in [-0.1, -0.05) is 67.5 Å². The molecule has 0 saturated carbocycles. The second kappa shape index (κ2) is 9.24. The molecule has 0 aliphatic carbocycles. The number of hydrogen-bond donors (Lipinski definition) is 0. The summed E-state index contributed by atoms with van der Waals surface area (Å²) in [5.41, 5.74) is 10.5. The van der Waals surface area contributed by atoms with Crippen molar-refractivity contribution in [3.8, 4) is 22.9 Å². The fourth-order valence-corrected chi connectivity index (χ4v) is 4.69. The van der Waals surface area contributed by atoms with Crippen molar-refractivity contribution in [2.75, 3.05) is 0 Å². The molecule has 4 heteroatoms. The van der Waals surface area contributed by atoms with Crippen LogP contribution in [0.3, 0.4) is 0 Å². The van der Waals surface area contributed by atoms with Crippen molar-refractivity contribution >= 4 is 22.2 Å². The number of nitrogens with zero attached hydrogens (tertiary/aromatic N) is 2. The molecule has 0 aliphatic rings. The van der Waals surface area contributed by atoms with Crippen molar-refractivity contribution in [3.05, 3.63) is 70.8 Å². The molecule has 5 aromatic rings. The van der Waals surface area contributed by atoms with E-state index in [0.29, 0.717) is 35.5 Å². The molecule has 0 saturated heterocycles. The maximum atomic E-state index is 6.30. The van der Waals surface area contributed by atoms with Gasteiger partial charge in [0.05, 0.1) is 0 Å². The Morgan fingerprint density at radius 2 is 0.861 bits per heavy atom. The predicted octanol–water partition coefficient (Wildman–Crippen LogP) is 9.80. The van der Waals surface area contributed by atoms with Crippen LogP contribution >= 0.6 is 0 Å². The molecule has 0 N–H and O–H groups in total. The van der Waals surface area contributed by atoms with Crippen molar-refractivity contribution in [2.24, 2.45) is 0 Å². The summed E-state index contributed by atoms with van der Waals surface area (Å²) in [5.74, 6) is 2.88. The van der Waals surface area contributed by atoms with Crippen LogP contribution in [0.15, 0.2) is 57.4 Å². The minimum atomic E-state index is 0.362. The number of benzene rings is 3.